The van der Waals surface area contributed by atoms with Crippen LogP contribution in [0.25, 0.3) is 0 Å². The van der Waals surface area contributed by atoms with E-state index < -0.39 is 12.1 Å². The third kappa shape index (κ3) is 5.16. The van der Waals surface area contributed by atoms with Crippen molar-refractivity contribution in [1.29, 1.82) is 0 Å². The summed E-state index contributed by atoms with van der Waals surface area (Å²) in [5.41, 5.74) is 2.20. The second kappa shape index (κ2) is 8.14. The van der Waals surface area contributed by atoms with E-state index >= 15 is 0 Å². The zero-order valence-corrected chi connectivity index (χ0v) is 15.2. The van der Waals surface area contributed by atoms with Gasteiger partial charge in [-0.3, -0.25) is 19.7 Å². The predicted molar refractivity (Wildman–Crippen MR) is 98.4 cm³/mol. The molecule has 7 heteroatoms. The average molecular weight is 355 g/mol. The van der Waals surface area contributed by atoms with Gasteiger partial charge in [0.05, 0.1) is 18.8 Å². The van der Waals surface area contributed by atoms with E-state index in [1.165, 1.54) is 5.56 Å². The number of amides is 3. The Balaban J connectivity index is 1.49. The summed E-state index contributed by atoms with van der Waals surface area (Å²) in [6.45, 7) is 3.07. The average Bonchev–Trinajstić information content (AvgIpc) is 3.32. The van der Waals surface area contributed by atoms with E-state index in [0.29, 0.717) is 13.1 Å². The molecule has 0 aliphatic heterocycles. The van der Waals surface area contributed by atoms with Crippen molar-refractivity contribution in [3.8, 4) is 0 Å². The Labute approximate surface area is 153 Å². The molecule has 138 valence electrons. The number of hydrogen-bond acceptors (Lipinski definition) is 4. The molecule has 0 bridgehead atoms. The molecule has 1 saturated carbocycles. The number of likely N-dealkylation sites (N-methyl/N-ethyl adjacent to an activating group) is 1. The van der Waals surface area contributed by atoms with Gasteiger partial charge in [-0.2, -0.15) is 5.10 Å². The molecular weight excluding hydrogens is 330 g/mol. The smallest absolute Gasteiger partial charge is 0.321 e. The van der Waals surface area contributed by atoms with Crippen LogP contribution in [0.15, 0.2) is 42.7 Å². The van der Waals surface area contributed by atoms with Crippen LogP contribution >= 0.6 is 0 Å². The van der Waals surface area contributed by atoms with Crippen molar-refractivity contribution in [2.45, 2.75) is 44.9 Å². The number of nitrogens with one attached hydrogen (secondary N) is 2. The molecule has 0 radical (unpaired) electrons. The second-order valence-electron chi connectivity index (χ2n) is 6.86. The molecule has 2 N–H and O–H groups in total. The monoisotopic (exact) mass is 355 g/mol. The number of benzene rings is 1. The third-order valence-electron chi connectivity index (χ3n) is 4.50. The highest BCUT2D eigenvalue weighted by Gasteiger charge is 2.26. The lowest BCUT2D eigenvalue weighted by Crippen LogP contribution is -2.48. The maximum Gasteiger partial charge on any atom is 0.321 e. The Hall–Kier alpha value is -2.67. The van der Waals surface area contributed by atoms with Gasteiger partial charge >= 0.3 is 6.03 Å². The molecule has 1 aromatic carbocycles. The molecule has 3 amide bonds. The van der Waals surface area contributed by atoms with Gasteiger partial charge in [-0.15, -0.1) is 0 Å². The molecule has 26 heavy (non-hydrogen) atoms. The van der Waals surface area contributed by atoms with E-state index in [0.717, 1.165) is 18.4 Å². The number of nitrogens with zero attached hydrogens (tertiary/aromatic N) is 3. The first kappa shape index (κ1) is 18.1. The summed E-state index contributed by atoms with van der Waals surface area (Å²) in [6.07, 6.45) is 5.77. The van der Waals surface area contributed by atoms with Gasteiger partial charge in [0.2, 0.25) is 5.91 Å². The van der Waals surface area contributed by atoms with Gasteiger partial charge in [0, 0.05) is 24.3 Å². The van der Waals surface area contributed by atoms with E-state index in [9.17, 15) is 9.59 Å². The number of hydrogen-bond donors (Lipinski definition) is 2. The molecule has 2 aromatic rings. The highest BCUT2D eigenvalue weighted by atomic mass is 16.2. The molecule has 1 aromatic heterocycles. The van der Waals surface area contributed by atoms with Crippen molar-refractivity contribution < 1.29 is 9.59 Å². The molecule has 1 heterocycles. The first-order valence-electron chi connectivity index (χ1n) is 8.88. The van der Waals surface area contributed by atoms with Gasteiger partial charge in [0.15, 0.2) is 0 Å². The summed E-state index contributed by atoms with van der Waals surface area (Å²) >= 11 is 0. The maximum atomic E-state index is 12.2. The Morgan fingerprint density at radius 1 is 1.27 bits per heavy atom. The van der Waals surface area contributed by atoms with E-state index in [-0.39, 0.29) is 11.9 Å². The topological polar surface area (TPSA) is 79.3 Å². The lowest BCUT2D eigenvalue weighted by Gasteiger charge is -2.22. The summed E-state index contributed by atoms with van der Waals surface area (Å²) in [4.78, 5) is 25.8. The van der Waals surface area contributed by atoms with Crippen molar-refractivity contribution in [3.63, 3.8) is 0 Å². The summed E-state index contributed by atoms with van der Waals surface area (Å²) < 4.78 is 1.88. The first-order valence-corrected chi connectivity index (χ1v) is 8.88. The van der Waals surface area contributed by atoms with Gasteiger partial charge in [0.25, 0.3) is 0 Å². The van der Waals surface area contributed by atoms with Crippen molar-refractivity contribution in [3.05, 3.63) is 53.9 Å². The van der Waals surface area contributed by atoms with Crippen molar-refractivity contribution in [2.24, 2.45) is 0 Å². The normalized spacial score (nSPS) is 14.9. The minimum absolute atomic E-state index is 0.228. The number of aromatic nitrogens is 2. The molecule has 0 spiro atoms. The molecule has 1 aliphatic rings. The Kier molecular flexibility index (Phi) is 5.68. The minimum atomic E-state index is -0.419. The van der Waals surface area contributed by atoms with E-state index in [1.807, 2.05) is 47.2 Å². The summed E-state index contributed by atoms with van der Waals surface area (Å²) in [5, 5.41) is 9.54. The van der Waals surface area contributed by atoms with Gasteiger partial charge < -0.3 is 5.32 Å². The summed E-state index contributed by atoms with van der Waals surface area (Å²) in [6, 6.07) is 9.53. The third-order valence-corrected chi connectivity index (χ3v) is 4.50. The van der Waals surface area contributed by atoms with Crippen LogP contribution in [0.3, 0.4) is 0 Å². The second-order valence-corrected chi connectivity index (χ2v) is 6.86. The summed E-state index contributed by atoms with van der Waals surface area (Å²) in [7, 11) is 1.86. The molecule has 7 nitrogen and oxygen atoms in total. The largest absolute Gasteiger partial charge is 0.335 e. The van der Waals surface area contributed by atoms with Crippen LogP contribution in [0.2, 0.25) is 0 Å². The van der Waals surface area contributed by atoms with Gasteiger partial charge in [-0.25, -0.2) is 4.79 Å². The Morgan fingerprint density at radius 2 is 2.00 bits per heavy atom. The minimum Gasteiger partial charge on any atom is -0.335 e. The molecule has 1 atom stereocenters. The molecule has 0 saturated heterocycles. The number of imide groups is 1. The lowest BCUT2D eigenvalue weighted by atomic mass is 10.2. The van der Waals surface area contributed by atoms with Crippen LogP contribution in [0.1, 0.15) is 30.9 Å². The highest BCUT2D eigenvalue weighted by Crippen LogP contribution is 2.18. The Bertz CT molecular complexity index is 754. The lowest BCUT2D eigenvalue weighted by molar-refractivity contribution is -0.124. The maximum absolute atomic E-state index is 12.2. The Morgan fingerprint density at radius 3 is 2.69 bits per heavy atom. The molecule has 1 aliphatic carbocycles. The van der Waals surface area contributed by atoms with Crippen molar-refractivity contribution in [2.75, 3.05) is 7.05 Å². The van der Waals surface area contributed by atoms with Crippen LogP contribution in [0, 0.1) is 0 Å². The van der Waals surface area contributed by atoms with Crippen LogP contribution in [-0.4, -0.2) is 45.8 Å². The zero-order valence-electron chi connectivity index (χ0n) is 15.2. The summed E-state index contributed by atoms with van der Waals surface area (Å²) in [5.74, 6) is -0.303. The SMILES string of the molecule is CC(C(=O)NC(=O)NC1CC1)N(C)Cc1cnn(Cc2ccccc2)c1. The molecule has 1 unspecified atom stereocenters. The zero-order chi connectivity index (χ0) is 18.5. The van der Waals surface area contributed by atoms with Crippen LogP contribution in [0.5, 0.6) is 0 Å². The predicted octanol–water partition coefficient (Wildman–Crippen LogP) is 1.74. The van der Waals surface area contributed by atoms with Crippen molar-refractivity contribution >= 4 is 11.9 Å². The van der Waals surface area contributed by atoms with Crippen molar-refractivity contribution in [1.82, 2.24) is 25.3 Å². The number of rotatable bonds is 7. The molecule has 1 fully saturated rings. The number of carbonyl (C=O) groups is 2. The first-order chi connectivity index (χ1) is 12.5. The quantitative estimate of drug-likeness (QED) is 0.793. The number of carbonyl (C=O) groups excluding carboxylic acids is 2. The fraction of sp³-hybridized carbons (Fsp3) is 0.421. The van der Waals surface area contributed by atoms with E-state index in [2.05, 4.69) is 27.9 Å². The fourth-order valence-corrected chi connectivity index (χ4v) is 2.64. The number of urea groups is 1. The van der Waals surface area contributed by atoms with E-state index in [4.69, 9.17) is 0 Å². The van der Waals surface area contributed by atoms with Crippen LogP contribution < -0.4 is 10.6 Å². The fourth-order valence-electron chi connectivity index (χ4n) is 2.64. The van der Waals surface area contributed by atoms with E-state index in [1.54, 1.807) is 6.92 Å². The van der Waals surface area contributed by atoms with Crippen LogP contribution in [0.4, 0.5) is 4.79 Å². The molecular formula is C19H25N5O2. The van der Waals surface area contributed by atoms with Gasteiger partial charge in [-0.05, 0) is 32.4 Å². The molecule has 3 rings (SSSR count). The van der Waals surface area contributed by atoms with Gasteiger partial charge in [0.1, 0.15) is 0 Å². The standard InChI is InChI=1S/C19H25N5O2/c1-14(18(25)22-19(26)21-17-8-9-17)23(2)11-16-10-20-24(13-16)12-15-6-4-3-5-7-15/h3-7,10,13-14,17H,8-9,11-12H2,1-2H3,(H2,21,22,25,26). The van der Waals surface area contributed by atoms with Crippen LogP contribution in [-0.2, 0) is 17.9 Å². The highest BCUT2D eigenvalue weighted by molar-refractivity contribution is 5.96. The van der Waals surface area contributed by atoms with Gasteiger partial charge in [-0.1, -0.05) is 30.3 Å².